The molecule has 0 aromatic carbocycles. The van der Waals surface area contributed by atoms with Crippen molar-refractivity contribution >= 4 is 50.9 Å². The van der Waals surface area contributed by atoms with E-state index >= 15 is 0 Å². The largest absolute Gasteiger partial charge is 0.114 e. The van der Waals surface area contributed by atoms with E-state index in [1.165, 1.54) is 0 Å². The molecular weight excluding hydrogens is 288 g/mol. The molecule has 0 heterocycles. The van der Waals surface area contributed by atoms with Crippen LogP contribution in [-0.2, 0) is 0 Å². The lowest BCUT2D eigenvalue weighted by Crippen LogP contribution is -1.66. The summed E-state index contributed by atoms with van der Waals surface area (Å²) in [6.07, 6.45) is 0. The van der Waals surface area contributed by atoms with Crippen molar-refractivity contribution in [1.29, 1.82) is 0 Å². The SMILES string of the molecule is Br.Br.Br.CC(C)C. The van der Waals surface area contributed by atoms with E-state index in [2.05, 4.69) is 20.8 Å². The molecule has 0 atom stereocenters. The summed E-state index contributed by atoms with van der Waals surface area (Å²) < 4.78 is 0. The standard InChI is InChI=1S/C4H10.3BrH/c1-4(2)3;;;/h4H,1-3H3;3*1H. The van der Waals surface area contributed by atoms with Gasteiger partial charge in [-0.05, 0) is 5.92 Å². The maximum Gasteiger partial charge on any atom is -0.0500 e. The van der Waals surface area contributed by atoms with Crippen molar-refractivity contribution in [3.8, 4) is 0 Å². The van der Waals surface area contributed by atoms with Crippen LogP contribution in [0, 0.1) is 5.92 Å². The summed E-state index contributed by atoms with van der Waals surface area (Å²) in [5.74, 6) is 0.833. The van der Waals surface area contributed by atoms with E-state index in [4.69, 9.17) is 0 Å². The predicted octanol–water partition coefficient (Wildman–Crippen LogP) is 3.40. The molecule has 0 fully saturated rings. The van der Waals surface area contributed by atoms with E-state index in [1.54, 1.807) is 0 Å². The number of hydrogen-bond donors (Lipinski definition) is 0. The maximum absolute atomic E-state index is 2.17. The van der Waals surface area contributed by atoms with Gasteiger partial charge in [-0.25, -0.2) is 0 Å². The van der Waals surface area contributed by atoms with Gasteiger partial charge in [-0.15, -0.1) is 50.9 Å². The second kappa shape index (κ2) is 15.7. The third kappa shape index (κ3) is 106. The molecule has 0 amide bonds. The van der Waals surface area contributed by atoms with E-state index in [-0.39, 0.29) is 50.9 Å². The Balaban J connectivity index is -0.0000000150. The third-order valence-corrected chi connectivity index (χ3v) is 0. The monoisotopic (exact) mass is 298 g/mol. The van der Waals surface area contributed by atoms with Crippen molar-refractivity contribution in [2.75, 3.05) is 0 Å². The fraction of sp³-hybridized carbons (Fsp3) is 1.00. The molecule has 0 saturated heterocycles. The van der Waals surface area contributed by atoms with Crippen LogP contribution in [0.5, 0.6) is 0 Å². The first-order valence-corrected chi connectivity index (χ1v) is 1.73. The maximum atomic E-state index is 2.17. The predicted molar refractivity (Wildman–Crippen MR) is 51.5 cm³/mol. The fourth-order valence-corrected chi connectivity index (χ4v) is 0. The minimum absolute atomic E-state index is 0. The molecule has 0 aromatic rings. The fourth-order valence-electron chi connectivity index (χ4n) is 0. The normalized spacial score (nSPS) is 5.14. The highest BCUT2D eigenvalue weighted by molar-refractivity contribution is 8.93. The van der Waals surface area contributed by atoms with Crippen LogP contribution in [0.1, 0.15) is 20.8 Å². The Hall–Kier alpha value is 1.44. The smallest absolute Gasteiger partial charge is 0.0500 e. The van der Waals surface area contributed by atoms with Crippen LogP contribution in [0.15, 0.2) is 0 Å². The van der Waals surface area contributed by atoms with Crippen LogP contribution in [-0.4, -0.2) is 0 Å². The van der Waals surface area contributed by atoms with Gasteiger partial charge in [0.2, 0.25) is 0 Å². The Morgan fingerprint density at radius 2 is 0.714 bits per heavy atom. The zero-order valence-electron chi connectivity index (χ0n) is 4.80. The third-order valence-electron chi connectivity index (χ3n) is 0. The van der Waals surface area contributed by atoms with Gasteiger partial charge in [0.15, 0.2) is 0 Å². The zero-order chi connectivity index (χ0) is 3.58. The zero-order valence-corrected chi connectivity index (χ0v) is 9.94. The lowest BCUT2D eigenvalue weighted by Gasteiger charge is -1.79. The summed E-state index contributed by atoms with van der Waals surface area (Å²) in [6, 6.07) is 0. The Morgan fingerprint density at radius 3 is 0.714 bits per heavy atom. The number of rotatable bonds is 0. The van der Waals surface area contributed by atoms with Crippen molar-refractivity contribution in [3.63, 3.8) is 0 Å². The molecule has 0 aliphatic carbocycles. The van der Waals surface area contributed by atoms with Crippen LogP contribution in [0.2, 0.25) is 0 Å². The van der Waals surface area contributed by atoms with Gasteiger partial charge in [-0.2, -0.15) is 0 Å². The van der Waals surface area contributed by atoms with Gasteiger partial charge >= 0.3 is 0 Å². The summed E-state index contributed by atoms with van der Waals surface area (Å²) in [4.78, 5) is 0. The molecule has 0 N–H and O–H groups in total. The van der Waals surface area contributed by atoms with Crippen LogP contribution >= 0.6 is 50.9 Å². The minimum atomic E-state index is 0. The molecule has 0 aromatic heterocycles. The molecule has 0 unspecified atom stereocenters. The molecule has 0 nitrogen and oxygen atoms in total. The molecular formula is C4H13Br3. The highest BCUT2D eigenvalue weighted by Crippen LogP contribution is 1.81. The molecule has 0 saturated carbocycles. The van der Waals surface area contributed by atoms with Gasteiger partial charge in [-0.3, -0.25) is 0 Å². The van der Waals surface area contributed by atoms with Crippen molar-refractivity contribution in [2.45, 2.75) is 20.8 Å². The highest BCUT2D eigenvalue weighted by Gasteiger charge is 1.68. The second-order valence-corrected chi connectivity index (χ2v) is 1.73. The van der Waals surface area contributed by atoms with E-state index in [0.717, 1.165) is 5.92 Å². The summed E-state index contributed by atoms with van der Waals surface area (Å²) in [7, 11) is 0. The van der Waals surface area contributed by atoms with Gasteiger partial charge in [0, 0.05) is 0 Å². The Labute approximate surface area is 77.4 Å². The quantitative estimate of drug-likeness (QED) is 0.643. The van der Waals surface area contributed by atoms with Crippen molar-refractivity contribution in [2.24, 2.45) is 5.92 Å². The topological polar surface area (TPSA) is 0 Å². The number of hydrogen-bond acceptors (Lipinski definition) is 0. The Bertz CT molecular complexity index is 11.7. The van der Waals surface area contributed by atoms with E-state index in [0.29, 0.717) is 0 Å². The molecule has 0 aliphatic heterocycles. The first-order chi connectivity index (χ1) is 1.73. The molecule has 3 heteroatoms. The van der Waals surface area contributed by atoms with Gasteiger partial charge in [-0.1, -0.05) is 20.8 Å². The second-order valence-electron chi connectivity index (χ2n) is 1.73. The molecule has 0 bridgehead atoms. The summed E-state index contributed by atoms with van der Waals surface area (Å²) in [6.45, 7) is 6.50. The molecule has 50 valence electrons. The number of halogens is 3. The van der Waals surface area contributed by atoms with Crippen LogP contribution in [0.3, 0.4) is 0 Å². The lowest BCUT2D eigenvalue weighted by atomic mass is 10.3. The highest BCUT2D eigenvalue weighted by atomic mass is 79.9. The van der Waals surface area contributed by atoms with Crippen molar-refractivity contribution < 1.29 is 0 Å². The first-order valence-electron chi connectivity index (χ1n) is 1.73. The van der Waals surface area contributed by atoms with Crippen molar-refractivity contribution in [3.05, 3.63) is 0 Å². The van der Waals surface area contributed by atoms with Gasteiger partial charge in [0.25, 0.3) is 0 Å². The molecule has 0 rings (SSSR count). The van der Waals surface area contributed by atoms with E-state index < -0.39 is 0 Å². The first kappa shape index (κ1) is 23.7. The summed E-state index contributed by atoms with van der Waals surface area (Å²) in [5, 5.41) is 0. The van der Waals surface area contributed by atoms with E-state index in [1.807, 2.05) is 0 Å². The minimum Gasteiger partial charge on any atom is -0.114 e. The van der Waals surface area contributed by atoms with Gasteiger partial charge in [0.1, 0.15) is 0 Å². The van der Waals surface area contributed by atoms with Crippen LogP contribution in [0.4, 0.5) is 0 Å². The summed E-state index contributed by atoms with van der Waals surface area (Å²) >= 11 is 0. The lowest BCUT2D eigenvalue weighted by molar-refractivity contribution is 0.737. The van der Waals surface area contributed by atoms with Gasteiger partial charge in [0.05, 0.1) is 0 Å². The Morgan fingerprint density at radius 1 is 0.714 bits per heavy atom. The average Bonchev–Trinajstić information content (AvgIpc) is 0.811. The van der Waals surface area contributed by atoms with Crippen molar-refractivity contribution in [1.82, 2.24) is 0 Å². The summed E-state index contributed by atoms with van der Waals surface area (Å²) in [5.41, 5.74) is 0. The van der Waals surface area contributed by atoms with Gasteiger partial charge < -0.3 is 0 Å². The molecule has 0 radical (unpaired) electrons. The van der Waals surface area contributed by atoms with Crippen LogP contribution < -0.4 is 0 Å². The van der Waals surface area contributed by atoms with Crippen LogP contribution in [0.25, 0.3) is 0 Å². The molecule has 0 spiro atoms. The molecule has 7 heavy (non-hydrogen) atoms. The molecule has 0 aliphatic rings. The average molecular weight is 301 g/mol. The Kier molecular flexibility index (Phi) is 53.0. The van der Waals surface area contributed by atoms with E-state index in [9.17, 15) is 0 Å².